The average molecular weight is 655 g/mol. The van der Waals surface area contributed by atoms with E-state index in [0.29, 0.717) is 17.1 Å². The first-order valence-corrected chi connectivity index (χ1v) is 16.1. The number of halogens is 2. The van der Waals surface area contributed by atoms with Gasteiger partial charge >= 0.3 is 0 Å². The lowest BCUT2D eigenvalue weighted by molar-refractivity contribution is -0.140. The topological polar surface area (TPSA) is 96.0 Å². The van der Waals surface area contributed by atoms with Crippen LogP contribution in [0, 0.1) is 0 Å². The molecule has 0 heterocycles. The summed E-state index contributed by atoms with van der Waals surface area (Å²) >= 11 is 12.4. The lowest BCUT2D eigenvalue weighted by Gasteiger charge is -2.34. The third kappa shape index (κ3) is 8.11. The number of hydrogen-bond acceptors (Lipinski definition) is 5. The minimum Gasteiger partial charge on any atom is -0.495 e. The highest BCUT2D eigenvalue weighted by Crippen LogP contribution is 2.35. The summed E-state index contributed by atoms with van der Waals surface area (Å²) in [6.45, 7) is 1.53. The largest absolute Gasteiger partial charge is 0.495 e. The second-order valence-electron chi connectivity index (χ2n) is 9.89. The van der Waals surface area contributed by atoms with Gasteiger partial charge in [-0.05, 0) is 60.5 Å². The maximum Gasteiger partial charge on any atom is 0.264 e. The van der Waals surface area contributed by atoms with Gasteiger partial charge in [-0.3, -0.25) is 13.9 Å². The summed E-state index contributed by atoms with van der Waals surface area (Å²) in [5.74, 6) is -0.763. The molecule has 44 heavy (non-hydrogen) atoms. The molecule has 0 aliphatic carbocycles. The van der Waals surface area contributed by atoms with Crippen LogP contribution in [0.3, 0.4) is 0 Å². The number of benzene rings is 4. The van der Waals surface area contributed by atoms with Crippen LogP contribution >= 0.6 is 23.2 Å². The van der Waals surface area contributed by atoms with E-state index in [-0.39, 0.29) is 40.2 Å². The number of rotatable bonds is 13. The molecule has 8 nitrogen and oxygen atoms in total. The van der Waals surface area contributed by atoms with Crippen LogP contribution in [0.1, 0.15) is 18.1 Å². The van der Waals surface area contributed by atoms with Crippen LogP contribution in [-0.2, 0) is 32.6 Å². The zero-order chi connectivity index (χ0) is 31.7. The predicted octanol–water partition coefficient (Wildman–Crippen LogP) is 5.97. The SMILES string of the molecule is CCNC(=O)[C@H](Cc1ccccc1)N(Cc1ccc(Cl)cc1)C(=O)CN(c1cc(Cl)ccc1OC)S(=O)(=O)c1ccccc1. The van der Waals surface area contributed by atoms with Crippen molar-refractivity contribution in [3.63, 3.8) is 0 Å². The van der Waals surface area contributed by atoms with Crippen molar-refractivity contribution in [2.24, 2.45) is 0 Å². The minimum absolute atomic E-state index is 0.0243. The number of nitrogens with zero attached hydrogens (tertiary/aromatic N) is 2. The van der Waals surface area contributed by atoms with Crippen molar-refractivity contribution < 1.29 is 22.7 Å². The van der Waals surface area contributed by atoms with Gasteiger partial charge in [-0.25, -0.2) is 8.42 Å². The van der Waals surface area contributed by atoms with Gasteiger partial charge in [-0.15, -0.1) is 0 Å². The Morgan fingerprint density at radius 3 is 2.07 bits per heavy atom. The highest BCUT2D eigenvalue weighted by Gasteiger charge is 2.35. The third-order valence-corrected chi connectivity index (χ3v) is 9.17. The smallest absolute Gasteiger partial charge is 0.264 e. The number of likely N-dealkylation sites (N-methyl/N-ethyl adjacent to an activating group) is 1. The first-order chi connectivity index (χ1) is 21.1. The summed E-state index contributed by atoms with van der Waals surface area (Å²) in [7, 11) is -2.89. The number of carbonyl (C=O) groups excluding carboxylic acids is 2. The summed E-state index contributed by atoms with van der Waals surface area (Å²) in [4.78, 5) is 29.4. The van der Waals surface area contributed by atoms with E-state index in [0.717, 1.165) is 9.87 Å². The van der Waals surface area contributed by atoms with E-state index >= 15 is 0 Å². The third-order valence-electron chi connectivity index (χ3n) is 6.91. The van der Waals surface area contributed by atoms with Gasteiger partial charge in [0.25, 0.3) is 10.0 Å². The van der Waals surface area contributed by atoms with E-state index in [1.165, 1.54) is 36.3 Å². The number of ether oxygens (including phenoxy) is 1. The van der Waals surface area contributed by atoms with Gasteiger partial charge in [0.15, 0.2) is 0 Å². The Kier molecular flexibility index (Phi) is 11.3. The molecule has 4 aromatic rings. The Morgan fingerprint density at radius 2 is 1.45 bits per heavy atom. The molecule has 0 saturated carbocycles. The Morgan fingerprint density at radius 1 is 0.841 bits per heavy atom. The quantitative estimate of drug-likeness (QED) is 0.192. The molecule has 0 unspecified atom stereocenters. The Hall–Kier alpha value is -4.05. The summed E-state index contributed by atoms with van der Waals surface area (Å²) < 4.78 is 34.7. The highest BCUT2D eigenvalue weighted by atomic mass is 35.5. The zero-order valence-electron chi connectivity index (χ0n) is 24.3. The van der Waals surface area contributed by atoms with Crippen LogP contribution in [0.5, 0.6) is 5.75 Å². The van der Waals surface area contributed by atoms with Crippen molar-refractivity contribution >= 4 is 50.7 Å². The van der Waals surface area contributed by atoms with E-state index in [4.69, 9.17) is 27.9 Å². The Balaban J connectivity index is 1.83. The molecule has 0 aliphatic heterocycles. The number of anilines is 1. The van der Waals surface area contributed by atoms with E-state index in [9.17, 15) is 18.0 Å². The lowest BCUT2D eigenvalue weighted by Crippen LogP contribution is -2.53. The van der Waals surface area contributed by atoms with Crippen LogP contribution in [-0.4, -0.2) is 51.4 Å². The summed E-state index contributed by atoms with van der Waals surface area (Å²) in [5, 5.41) is 3.61. The number of nitrogens with one attached hydrogen (secondary N) is 1. The molecule has 0 radical (unpaired) electrons. The van der Waals surface area contributed by atoms with Gasteiger partial charge in [0.1, 0.15) is 18.3 Å². The molecule has 1 N–H and O–H groups in total. The maximum atomic E-state index is 14.4. The fourth-order valence-electron chi connectivity index (χ4n) is 4.72. The second kappa shape index (κ2) is 15.1. The maximum absolute atomic E-state index is 14.4. The van der Waals surface area contributed by atoms with Crippen LogP contribution in [0.25, 0.3) is 0 Å². The molecule has 2 amide bonds. The second-order valence-corrected chi connectivity index (χ2v) is 12.6. The highest BCUT2D eigenvalue weighted by molar-refractivity contribution is 7.92. The van der Waals surface area contributed by atoms with E-state index < -0.39 is 28.5 Å². The van der Waals surface area contributed by atoms with Crippen LogP contribution in [0.2, 0.25) is 10.0 Å². The molecule has 11 heteroatoms. The summed E-state index contributed by atoms with van der Waals surface area (Å²) in [5.41, 5.74) is 1.63. The molecule has 4 aromatic carbocycles. The normalized spacial score (nSPS) is 11.8. The first-order valence-electron chi connectivity index (χ1n) is 13.9. The van der Waals surface area contributed by atoms with E-state index in [1.54, 1.807) is 55.5 Å². The molecule has 0 saturated heterocycles. The van der Waals surface area contributed by atoms with Crippen molar-refractivity contribution in [3.05, 3.63) is 124 Å². The number of carbonyl (C=O) groups is 2. The molecule has 0 aliphatic rings. The van der Waals surface area contributed by atoms with Gasteiger partial charge in [-0.1, -0.05) is 83.9 Å². The first kappa shape index (κ1) is 32.9. The van der Waals surface area contributed by atoms with Gasteiger partial charge in [0.05, 0.1) is 17.7 Å². The van der Waals surface area contributed by atoms with Crippen molar-refractivity contribution in [1.82, 2.24) is 10.2 Å². The number of amides is 2. The molecule has 0 spiro atoms. The van der Waals surface area contributed by atoms with Gasteiger partial charge < -0.3 is 15.0 Å². The fourth-order valence-corrected chi connectivity index (χ4v) is 6.45. The van der Waals surface area contributed by atoms with Gasteiger partial charge in [0.2, 0.25) is 11.8 Å². The fraction of sp³-hybridized carbons (Fsp3) is 0.212. The summed E-state index contributed by atoms with van der Waals surface area (Å²) in [6, 6.07) is 27.6. The number of methoxy groups -OCH3 is 1. The van der Waals surface area contributed by atoms with Crippen molar-refractivity contribution in [2.45, 2.75) is 30.8 Å². The average Bonchev–Trinajstić information content (AvgIpc) is 3.03. The van der Waals surface area contributed by atoms with Gasteiger partial charge in [0, 0.05) is 29.6 Å². The van der Waals surface area contributed by atoms with E-state index in [2.05, 4.69) is 5.32 Å². The van der Waals surface area contributed by atoms with Crippen LogP contribution in [0.15, 0.2) is 108 Å². The predicted molar refractivity (Wildman–Crippen MR) is 174 cm³/mol. The standard InChI is InChI=1S/C33H33Cl2N3O5S/c1-3-36-33(40)30(20-24-10-6-4-7-11-24)37(22-25-14-16-26(34)17-15-25)32(39)23-38(29-21-27(35)18-19-31(29)43-2)44(41,42)28-12-8-5-9-13-28/h4-19,21,30H,3,20,22-23H2,1-2H3,(H,36,40)/t30-/m0/s1. The molecule has 0 aromatic heterocycles. The monoisotopic (exact) mass is 653 g/mol. The van der Waals surface area contributed by atoms with E-state index in [1.807, 2.05) is 30.3 Å². The van der Waals surface area contributed by atoms with Crippen molar-refractivity contribution in [3.8, 4) is 5.75 Å². The molecule has 0 bridgehead atoms. The van der Waals surface area contributed by atoms with Crippen LogP contribution < -0.4 is 14.4 Å². The molecule has 1 atom stereocenters. The van der Waals surface area contributed by atoms with Crippen molar-refractivity contribution in [1.29, 1.82) is 0 Å². The molecular formula is C33H33Cl2N3O5S. The van der Waals surface area contributed by atoms with Gasteiger partial charge in [-0.2, -0.15) is 0 Å². The zero-order valence-corrected chi connectivity index (χ0v) is 26.6. The Labute approximate surface area is 268 Å². The van der Waals surface area contributed by atoms with Crippen molar-refractivity contribution in [2.75, 3.05) is 24.5 Å². The number of sulfonamides is 1. The number of hydrogen-bond donors (Lipinski definition) is 1. The lowest BCUT2D eigenvalue weighted by atomic mass is 10.0. The summed E-state index contributed by atoms with van der Waals surface area (Å²) in [6.07, 6.45) is 0.206. The Bertz CT molecular complexity index is 1670. The molecular weight excluding hydrogens is 621 g/mol. The van der Waals surface area contributed by atoms with Crippen LogP contribution in [0.4, 0.5) is 5.69 Å². The molecule has 230 valence electrons. The molecule has 0 fully saturated rings. The minimum atomic E-state index is -4.30. The molecule has 4 rings (SSSR count).